The van der Waals surface area contributed by atoms with E-state index in [1.165, 1.54) is 0 Å². The summed E-state index contributed by atoms with van der Waals surface area (Å²) >= 11 is 0. The van der Waals surface area contributed by atoms with Crippen LogP contribution in [0.3, 0.4) is 0 Å². The number of aromatic nitrogens is 1. The van der Waals surface area contributed by atoms with Crippen molar-refractivity contribution in [2.45, 2.75) is 19.9 Å². The molecule has 0 aliphatic carbocycles. The summed E-state index contributed by atoms with van der Waals surface area (Å²) in [6.07, 6.45) is 0. The van der Waals surface area contributed by atoms with Gasteiger partial charge < -0.3 is 10.4 Å². The van der Waals surface area contributed by atoms with E-state index in [2.05, 4.69) is 22.4 Å². The second kappa shape index (κ2) is 8.29. The van der Waals surface area contributed by atoms with E-state index < -0.39 is 5.97 Å². The van der Waals surface area contributed by atoms with Crippen LogP contribution in [0.5, 0.6) is 0 Å². The summed E-state index contributed by atoms with van der Waals surface area (Å²) in [7, 11) is 0. The molecule has 152 valence electrons. The van der Waals surface area contributed by atoms with E-state index in [0.717, 1.165) is 27.8 Å². The van der Waals surface area contributed by atoms with Gasteiger partial charge in [-0.05, 0) is 60.9 Å². The van der Waals surface area contributed by atoms with Crippen LogP contribution in [-0.2, 0) is 0 Å². The van der Waals surface area contributed by atoms with Gasteiger partial charge in [0.15, 0.2) is 0 Å². The Hall–Kier alpha value is -4.17. The van der Waals surface area contributed by atoms with Crippen LogP contribution < -0.4 is 5.32 Å². The standard InChI is InChI=1S/C26H21N3O2/c1-16-12-22(17(2)29-24-11-7-6-10-21(24)26(30)31)23-14-19(18-8-4-3-5-9-18)13-20(15-27)25(23)28-16/h3-14,17,29H,1-2H3,(H,30,31). The summed E-state index contributed by atoms with van der Waals surface area (Å²) in [5.41, 5.74) is 5.64. The molecule has 0 aliphatic rings. The van der Waals surface area contributed by atoms with E-state index in [1.54, 1.807) is 24.3 Å². The molecule has 1 atom stereocenters. The molecule has 0 saturated carbocycles. The van der Waals surface area contributed by atoms with Crippen LogP contribution in [0.1, 0.15) is 40.1 Å². The van der Waals surface area contributed by atoms with Gasteiger partial charge in [-0.3, -0.25) is 4.98 Å². The summed E-state index contributed by atoms with van der Waals surface area (Å²) in [6, 6.07) is 24.7. The number of para-hydroxylation sites is 1. The molecular formula is C26H21N3O2. The number of carbonyl (C=O) groups is 1. The minimum atomic E-state index is -0.982. The number of nitrogens with one attached hydrogen (secondary N) is 1. The minimum absolute atomic E-state index is 0.206. The van der Waals surface area contributed by atoms with Crippen molar-refractivity contribution in [2.24, 2.45) is 0 Å². The highest BCUT2D eigenvalue weighted by atomic mass is 16.4. The quantitative estimate of drug-likeness (QED) is 0.427. The molecule has 0 bridgehead atoms. The molecular weight excluding hydrogens is 386 g/mol. The zero-order valence-corrected chi connectivity index (χ0v) is 17.3. The molecule has 0 radical (unpaired) electrons. The molecule has 1 unspecified atom stereocenters. The number of anilines is 1. The first-order valence-electron chi connectivity index (χ1n) is 9.97. The maximum Gasteiger partial charge on any atom is 0.337 e. The number of benzene rings is 3. The van der Waals surface area contributed by atoms with Crippen LogP contribution in [0.25, 0.3) is 22.0 Å². The topological polar surface area (TPSA) is 86.0 Å². The van der Waals surface area contributed by atoms with Crippen LogP contribution in [0.2, 0.25) is 0 Å². The highest BCUT2D eigenvalue weighted by Crippen LogP contribution is 2.33. The zero-order valence-electron chi connectivity index (χ0n) is 17.3. The van der Waals surface area contributed by atoms with Crippen molar-refractivity contribution < 1.29 is 9.90 Å². The minimum Gasteiger partial charge on any atom is -0.478 e. The normalized spacial score (nSPS) is 11.6. The zero-order chi connectivity index (χ0) is 22.0. The first-order valence-corrected chi connectivity index (χ1v) is 9.97. The van der Waals surface area contributed by atoms with Gasteiger partial charge in [-0.25, -0.2) is 4.79 Å². The summed E-state index contributed by atoms with van der Waals surface area (Å²) in [5.74, 6) is -0.982. The third-order valence-corrected chi connectivity index (χ3v) is 5.30. The van der Waals surface area contributed by atoms with Gasteiger partial charge in [-0.1, -0.05) is 42.5 Å². The van der Waals surface area contributed by atoms with Gasteiger partial charge in [0, 0.05) is 22.8 Å². The lowest BCUT2D eigenvalue weighted by Gasteiger charge is -2.20. The molecule has 0 saturated heterocycles. The highest BCUT2D eigenvalue weighted by Gasteiger charge is 2.17. The number of aryl methyl sites for hydroxylation is 1. The van der Waals surface area contributed by atoms with Gasteiger partial charge in [-0.15, -0.1) is 0 Å². The maximum absolute atomic E-state index is 11.6. The number of carboxylic acids is 1. The van der Waals surface area contributed by atoms with Crippen molar-refractivity contribution in [1.29, 1.82) is 5.26 Å². The van der Waals surface area contributed by atoms with Crippen molar-refractivity contribution in [3.63, 3.8) is 0 Å². The van der Waals surface area contributed by atoms with E-state index in [4.69, 9.17) is 0 Å². The predicted molar refractivity (Wildman–Crippen MR) is 122 cm³/mol. The number of aromatic carboxylic acids is 1. The van der Waals surface area contributed by atoms with Crippen molar-refractivity contribution in [2.75, 3.05) is 5.32 Å². The van der Waals surface area contributed by atoms with Gasteiger partial charge in [0.05, 0.1) is 16.6 Å². The van der Waals surface area contributed by atoms with Gasteiger partial charge in [0.2, 0.25) is 0 Å². The van der Waals surface area contributed by atoms with Crippen molar-refractivity contribution in [1.82, 2.24) is 4.98 Å². The van der Waals surface area contributed by atoms with E-state index in [-0.39, 0.29) is 11.6 Å². The third-order valence-electron chi connectivity index (χ3n) is 5.30. The van der Waals surface area contributed by atoms with Crippen LogP contribution in [0, 0.1) is 18.3 Å². The molecule has 0 fully saturated rings. The molecule has 1 aromatic heterocycles. The lowest BCUT2D eigenvalue weighted by Crippen LogP contribution is -2.12. The van der Waals surface area contributed by atoms with E-state index >= 15 is 0 Å². The van der Waals surface area contributed by atoms with Crippen molar-refractivity contribution >= 4 is 22.6 Å². The monoisotopic (exact) mass is 407 g/mol. The Morgan fingerprint density at radius 2 is 1.74 bits per heavy atom. The maximum atomic E-state index is 11.6. The molecule has 0 aliphatic heterocycles. The van der Waals surface area contributed by atoms with Crippen molar-refractivity contribution in [3.8, 4) is 17.2 Å². The number of nitriles is 1. The Morgan fingerprint density at radius 1 is 1.03 bits per heavy atom. The molecule has 0 spiro atoms. The number of nitrogens with zero attached hydrogens (tertiary/aromatic N) is 2. The number of hydrogen-bond acceptors (Lipinski definition) is 4. The number of rotatable bonds is 5. The fourth-order valence-corrected chi connectivity index (χ4v) is 3.83. The summed E-state index contributed by atoms with van der Waals surface area (Å²) in [5, 5.41) is 23.5. The summed E-state index contributed by atoms with van der Waals surface area (Å²) < 4.78 is 0. The Balaban J connectivity index is 1.88. The van der Waals surface area contributed by atoms with Crippen LogP contribution in [0.4, 0.5) is 5.69 Å². The second-order valence-electron chi connectivity index (χ2n) is 7.47. The number of hydrogen-bond donors (Lipinski definition) is 2. The fraction of sp³-hybridized carbons (Fsp3) is 0.115. The predicted octanol–water partition coefficient (Wildman–Crippen LogP) is 5.95. The van der Waals surface area contributed by atoms with Crippen LogP contribution in [0.15, 0.2) is 72.8 Å². The number of carboxylic acid groups (broad SMARTS) is 1. The Labute approximate surface area is 180 Å². The second-order valence-corrected chi connectivity index (χ2v) is 7.47. The average Bonchev–Trinajstić information content (AvgIpc) is 2.78. The Bertz CT molecular complexity index is 1320. The first-order chi connectivity index (χ1) is 15.0. The summed E-state index contributed by atoms with van der Waals surface area (Å²) in [4.78, 5) is 16.2. The highest BCUT2D eigenvalue weighted by molar-refractivity contribution is 5.95. The first kappa shape index (κ1) is 20.1. The lowest BCUT2D eigenvalue weighted by atomic mass is 9.94. The Kier molecular flexibility index (Phi) is 5.38. The van der Waals surface area contributed by atoms with Gasteiger partial charge >= 0.3 is 5.97 Å². The number of fused-ring (bicyclic) bond motifs is 1. The third kappa shape index (κ3) is 3.96. The van der Waals surface area contributed by atoms with E-state index in [9.17, 15) is 15.2 Å². The SMILES string of the molecule is Cc1cc(C(C)Nc2ccccc2C(=O)O)c2cc(-c3ccccc3)cc(C#N)c2n1. The fourth-order valence-electron chi connectivity index (χ4n) is 3.83. The summed E-state index contributed by atoms with van der Waals surface area (Å²) in [6.45, 7) is 3.88. The number of pyridine rings is 1. The van der Waals surface area contributed by atoms with Crippen LogP contribution >= 0.6 is 0 Å². The lowest BCUT2D eigenvalue weighted by molar-refractivity contribution is 0.0698. The van der Waals surface area contributed by atoms with Gasteiger partial charge in [0.1, 0.15) is 6.07 Å². The molecule has 4 rings (SSSR count). The van der Waals surface area contributed by atoms with Crippen LogP contribution in [-0.4, -0.2) is 16.1 Å². The van der Waals surface area contributed by atoms with Gasteiger partial charge in [0.25, 0.3) is 0 Å². The van der Waals surface area contributed by atoms with E-state index in [0.29, 0.717) is 16.8 Å². The molecule has 4 aromatic rings. The smallest absolute Gasteiger partial charge is 0.337 e. The molecule has 3 aromatic carbocycles. The molecule has 31 heavy (non-hydrogen) atoms. The largest absolute Gasteiger partial charge is 0.478 e. The molecule has 0 amide bonds. The molecule has 5 nitrogen and oxygen atoms in total. The van der Waals surface area contributed by atoms with Gasteiger partial charge in [-0.2, -0.15) is 5.26 Å². The molecule has 1 heterocycles. The molecule has 5 heteroatoms. The van der Waals surface area contributed by atoms with Crippen molar-refractivity contribution in [3.05, 3.63) is 95.2 Å². The molecule has 2 N–H and O–H groups in total. The Morgan fingerprint density at radius 3 is 2.45 bits per heavy atom. The van der Waals surface area contributed by atoms with E-state index in [1.807, 2.05) is 56.3 Å². The average molecular weight is 407 g/mol.